The highest BCUT2D eigenvalue weighted by molar-refractivity contribution is 6.35. The predicted octanol–water partition coefficient (Wildman–Crippen LogP) is 4.21. The van der Waals surface area contributed by atoms with Gasteiger partial charge in [0, 0.05) is 18.1 Å². The molecule has 2 aromatic carbocycles. The number of para-hydroxylation sites is 2. The fraction of sp³-hybridized carbons (Fsp3) is 0.364. The molecule has 0 radical (unpaired) electrons. The number of fused-ring (bicyclic) bond motifs is 1. The molecule has 0 saturated carbocycles. The number of halogens is 2. The summed E-state index contributed by atoms with van der Waals surface area (Å²) in [5.74, 6) is 0.334. The Labute approximate surface area is 185 Å². The molecular weight excluding hydrogens is 425 g/mol. The van der Waals surface area contributed by atoms with E-state index in [9.17, 15) is 9.59 Å². The highest BCUT2D eigenvalue weighted by Crippen LogP contribution is 2.34. The van der Waals surface area contributed by atoms with Gasteiger partial charge >= 0.3 is 0 Å². The van der Waals surface area contributed by atoms with E-state index < -0.39 is 6.10 Å². The maximum atomic E-state index is 13.0. The molecule has 0 aromatic heterocycles. The molecule has 158 valence electrons. The minimum atomic E-state index is -0.638. The van der Waals surface area contributed by atoms with Crippen LogP contribution in [0.4, 0.5) is 11.4 Å². The Morgan fingerprint density at radius 3 is 2.63 bits per heavy atom. The van der Waals surface area contributed by atoms with Crippen molar-refractivity contribution in [3.63, 3.8) is 0 Å². The number of amides is 2. The number of nitrogens with zero attached hydrogens (tertiary/aromatic N) is 2. The number of carbonyl (C=O) groups is 2. The summed E-state index contributed by atoms with van der Waals surface area (Å²) in [4.78, 5) is 29.5. The topological polar surface area (TPSA) is 61.9 Å². The largest absolute Gasteiger partial charge is 0.477 e. The van der Waals surface area contributed by atoms with Crippen LogP contribution >= 0.6 is 23.2 Å². The van der Waals surface area contributed by atoms with Crippen molar-refractivity contribution in [2.24, 2.45) is 0 Å². The molecule has 0 spiro atoms. The minimum absolute atomic E-state index is 0.0208. The summed E-state index contributed by atoms with van der Waals surface area (Å²) in [6, 6.07) is 12.4. The van der Waals surface area contributed by atoms with Gasteiger partial charge in [-0.05, 0) is 49.6 Å². The molecule has 2 amide bonds. The van der Waals surface area contributed by atoms with E-state index in [-0.39, 0.29) is 18.4 Å². The van der Waals surface area contributed by atoms with Gasteiger partial charge in [-0.25, -0.2) is 0 Å². The maximum Gasteiger partial charge on any atom is 0.265 e. The van der Waals surface area contributed by atoms with Crippen LogP contribution in [-0.4, -0.2) is 49.0 Å². The molecule has 0 bridgehead atoms. The average Bonchev–Trinajstić information content (AvgIpc) is 2.76. The smallest absolute Gasteiger partial charge is 0.265 e. The van der Waals surface area contributed by atoms with E-state index >= 15 is 0 Å². The average molecular weight is 448 g/mol. The van der Waals surface area contributed by atoms with Gasteiger partial charge in [0.15, 0.2) is 6.10 Å². The number of nitrogens with one attached hydrogen (secondary N) is 1. The Morgan fingerprint density at radius 2 is 1.83 bits per heavy atom. The fourth-order valence-corrected chi connectivity index (χ4v) is 4.20. The van der Waals surface area contributed by atoms with Crippen molar-refractivity contribution >= 4 is 46.4 Å². The number of likely N-dealkylation sites (tertiary alicyclic amines) is 1. The van der Waals surface area contributed by atoms with Crippen LogP contribution in [0.15, 0.2) is 42.5 Å². The molecule has 2 aliphatic heterocycles. The third-order valence-corrected chi connectivity index (χ3v) is 5.91. The van der Waals surface area contributed by atoms with Crippen LogP contribution in [0.1, 0.15) is 19.3 Å². The summed E-state index contributed by atoms with van der Waals surface area (Å²) in [6.07, 6.45) is 2.54. The van der Waals surface area contributed by atoms with Gasteiger partial charge in [0.05, 0.1) is 29.5 Å². The van der Waals surface area contributed by atoms with Crippen LogP contribution in [0, 0.1) is 0 Å². The summed E-state index contributed by atoms with van der Waals surface area (Å²) >= 11 is 12.2. The summed E-state index contributed by atoms with van der Waals surface area (Å²) in [5.41, 5.74) is 1.24. The van der Waals surface area contributed by atoms with Crippen molar-refractivity contribution in [1.29, 1.82) is 0 Å². The summed E-state index contributed by atoms with van der Waals surface area (Å²) in [7, 11) is 0. The number of hydrogen-bond acceptors (Lipinski definition) is 4. The standard InChI is InChI=1S/C22H23Cl2N3O3/c23-15-8-9-16(24)17(12-15)25-21(28)14-27-13-20(22(29)26-10-4-1-5-11-26)30-19-7-3-2-6-18(19)27/h2-3,6-9,12,20H,1,4-5,10-11,13-14H2,(H,25,28)/t20-/m1/s1. The number of benzene rings is 2. The van der Waals surface area contributed by atoms with E-state index in [0.29, 0.717) is 28.0 Å². The fourth-order valence-electron chi connectivity index (χ4n) is 3.86. The lowest BCUT2D eigenvalue weighted by atomic mass is 10.1. The van der Waals surface area contributed by atoms with E-state index in [0.717, 1.165) is 38.0 Å². The Kier molecular flexibility index (Phi) is 6.35. The van der Waals surface area contributed by atoms with Gasteiger partial charge in [-0.1, -0.05) is 35.3 Å². The number of anilines is 2. The first kappa shape index (κ1) is 20.8. The quantitative estimate of drug-likeness (QED) is 0.762. The van der Waals surface area contributed by atoms with E-state index in [1.807, 2.05) is 34.1 Å². The highest BCUT2D eigenvalue weighted by atomic mass is 35.5. The van der Waals surface area contributed by atoms with Gasteiger partial charge < -0.3 is 19.9 Å². The lowest BCUT2D eigenvalue weighted by molar-refractivity contribution is -0.139. The van der Waals surface area contributed by atoms with E-state index in [4.69, 9.17) is 27.9 Å². The first-order valence-corrected chi connectivity index (χ1v) is 10.8. The van der Waals surface area contributed by atoms with Crippen molar-refractivity contribution in [3.05, 3.63) is 52.5 Å². The molecule has 8 heteroatoms. The molecule has 2 aliphatic rings. The second-order valence-electron chi connectivity index (χ2n) is 7.51. The molecule has 6 nitrogen and oxygen atoms in total. The first-order chi connectivity index (χ1) is 14.5. The maximum absolute atomic E-state index is 13.0. The number of rotatable bonds is 4. The number of piperidine rings is 1. The van der Waals surface area contributed by atoms with Crippen LogP contribution in [-0.2, 0) is 9.59 Å². The third kappa shape index (κ3) is 4.65. The van der Waals surface area contributed by atoms with Crippen LogP contribution in [0.25, 0.3) is 0 Å². The molecule has 1 saturated heterocycles. The second-order valence-corrected chi connectivity index (χ2v) is 8.36. The van der Waals surface area contributed by atoms with E-state index in [1.165, 1.54) is 0 Å². The van der Waals surface area contributed by atoms with Crippen molar-refractivity contribution in [2.45, 2.75) is 25.4 Å². The molecule has 4 rings (SSSR count). The van der Waals surface area contributed by atoms with Gasteiger partial charge in [-0.3, -0.25) is 9.59 Å². The molecular formula is C22H23Cl2N3O3. The van der Waals surface area contributed by atoms with Crippen LogP contribution in [0.3, 0.4) is 0 Å². The number of ether oxygens (including phenoxy) is 1. The van der Waals surface area contributed by atoms with Crippen LogP contribution in [0.5, 0.6) is 5.75 Å². The Morgan fingerprint density at radius 1 is 1.07 bits per heavy atom. The first-order valence-electron chi connectivity index (χ1n) is 10.1. The van der Waals surface area contributed by atoms with Crippen molar-refractivity contribution in [2.75, 3.05) is 36.4 Å². The SMILES string of the molecule is O=C(CN1C[C@H](C(=O)N2CCCCC2)Oc2ccccc21)Nc1cc(Cl)ccc1Cl. The molecule has 2 heterocycles. The molecule has 1 fully saturated rings. The monoisotopic (exact) mass is 447 g/mol. The molecule has 0 aliphatic carbocycles. The van der Waals surface area contributed by atoms with E-state index in [2.05, 4.69) is 5.32 Å². The number of hydrogen-bond donors (Lipinski definition) is 1. The summed E-state index contributed by atoms with van der Waals surface area (Å²) < 4.78 is 6.01. The van der Waals surface area contributed by atoms with Gasteiger partial charge in [-0.2, -0.15) is 0 Å². The lowest BCUT2D eigenvalue weighted by Crippen LogP contribution is -2.52. The second kappa shape index (κ2) is 9.14. The van der Waals surface area contributed by atoms with Gasteiger partial charge in [0.2, 0.25) is 5.91 Å². The Hall–Kier alpha value is -2.44. The van der Waals surface area contributed by atoms with Gasteiger partial charge in [-0.15, -0.1) is 0 Å². The normalized spacial score (nSPS) is 18.4. The molecule has 1 N–H and O–H groups in total. The minimum Gasteiger partial charge on any atom is -0.477 e. The lowest BCUT2D eigenvalue weighted by Gasteiger charge is -2.38. The van der Waals surface area contributed by atoms with E-state index in [1.54, 1.807) is 18.2 Å². The Bertz CT molecular complexity index is 947. The van der Waals surface area contributed by atoms with Crippen LogP contribution < -0.4 is 15.0 Å². The Balaban J connectivity index is 1.50. The molecule has 0 unspecified atom stereocenters. The van der Waals surface area contributed by atoms with Gasteiger partial charge in [0.1, 0.15) is 5.75 Å². The zero-order valence-electron chi connectivity index (χ0n) is 16.4. The highest BCUT2D eigenvalue weighted by Gasteiger charge is 2.34. The molecule has 30 heavy (non-hydrogen) atoms. The van der Waals surface area contributed by atoms with Gasteiger partial charge in [0.25, 0.3) is 5.91 Å². The van der Waals surface area contributed by atoms with Crippen molar-refractivity contribution < 1.29 is 14.3 Å². The van der Waals surface area contributed by atoms with Crippen molar-refractivity contribution in [3.8, 4) is 5.75 Å². The third-order valence-electron chi connectivity index (χ3n) is 5.34. The predicted molar refractivity (Wildman–Crippen MR) is 119 cm³/mol. The number of carbonyl (C=O) groups excluding carboxylic acids is 2. The summed E-state index contributed by atoms with van der Waals surface area (Å²) in [5, 5.41) is 3.70. The molecule has 2 aromatic rings. The zero-order chi connectivity index (χ0) is 21.1. The van der Waals surface area contributed by atoms with Crippen LogP contribution in [0.2, 0.25) is 10.0 Å². The molecule has 1 atom stereocenters. The zero-order valence-corrected chi connectivity index (χ0v) is 18.0. The van der Waals surface area contributed by atoms with Crippen molar-refractivity contribution in [1.82, 2.24) is 4.90 Å². The summed E-state index contributed by atoms with van der Waals surface area (Å²) in [6.45, 7) is 1.89.